The van der Waals surface area contributed by atoms with E-state index in [9.17, 15) is 19.5 Å². The summed E-state index contributed by atoms with van der Waals surface area (Å²) in [5, 5.41) is 14.6. The number of hydrogen-bond acceptors (Lipinski definition) is 5. The molecule has 3 rings (SSSR count). The molecule has 1 aliphatic carbocycles. The molecule has 1 aromatic heterocycles. The number of anilines is 1. The van der Waals surface area contributed by atoms with Crippen LogP contribution in [0.25, 0.3) is 11.1 Å². The van der Waals surface area contributed by atoms with Gasteiger partial charge in [0, 0.05) is 10.9 Å². The quantitative estimate of drug-likeness (QED) is 0.581. The Balaban J connectivity index is 1.99. The van der Waals surface area contributed by atoms with E-state index < -0.39 is 23.8 Å². The number of carboxylic acids is 1. The van der Waals surface area contributed by atoms with Crippen molar-refractivity contribution in [2.24, 2.45) is 11.8 Å². The Morgan fingerprint density at radius 2 is 1.77 bits per heavy atom. The summed E-state index contributed by atoms with van der Waals surface area (Å²) in [4.78, 5) is 37.6. The fraction of sp³-hybridized carbons (Fsp3) is 0.458. The van der Waals surface area contributed by atoms with E-state index in [1.165, 1.54) is 11.3 Å². The maximum atomic E-state index is 13.0. The standard InChI is InChI=1S/C24H29NO5S/c1-13(2)30-24(29)20-19(18-11-14(3)9-10-15(18)4)12-31-22(20)25-21(26)16-7-5-6-8-17(16)23(27)28/h9-13,16-17H,5-8H2,1-4H3,(H,25,26)(H,27,28)/t16-,17+/m1/s1. The van der Waals surface area contributed by atoms with Crippen LogP contribution >= 0.6 is 11.3 Å². The monoisotopic (exact) mass is 443 g/mol. The lowest BCUT2D eigenvalue weighted by Gasteiger charge is -2.27. The van der Waals surface area contributed by atoms with Crippen LogP contribution in [0.15, 0.2) is 23.6 Å². The van der Waals surface area contributed by atoms with Crippen LogP contribution in [0.3, 0.4) is 0 Å². The van der Waals surface area contributed by atoms with Crippen LogP contribution in [0.1, 0.15) is 61.0 Å². The zero-order valence-corrected chi connectivity index (χ0v) is 19.2. The maximum absolute atomic E-state index is 13.0. The second-order valence-electron chi connectivity index (χ2n) is 8.45. The molecule has 1 saturated carbocycles. The second kappa shape index (κ2) is 9.64. The van der Waals surface area contributed by atoms with Crippen LogP contribution in [-0.2, 0) is 14.3 Å². The summed E-state index contributed by atoms with van der Waals surface area (Å²) in [5.74, 6) is -3.09. The minimum absolute atomic E-state index is 0.308. The molecule has 31 heavy (non-hydrogen) atoms. The number of benzene rings is 1. The number of aryl methyl sites for hydroxylation is 2. The third-order valence-corrected chi connectivity index (χ3v) is 6.57. The van der Waals surface area contributed by atoms with Gasteiger partial charge in [-0.25, -0.2) is 4.79 Å². The second-order valence-corrected chi connectivity index (χ2v) is 9.33. The van der Waals surface area contributed by atoms with Gasteiger partial charge in [-0.2, -0.15) is 0 Å². The molecule has 0 aliphatic heterocycles. The minimum atomic E-state index is -0.943. The molecule has 0 unspecified atom stereocenters. The molecule has 2 N–H and O–H groups in total. The lowest BCUT2D eigenvalue weighted by Crippen LogP contribution is -2.36. The molecule has 0 saturated heterocycles. The van der Waals surface area contributed by atoms with Gasteiger partial charge in [-0.05, 0) is 51.7 Å². The Labute approximate surface area is 186 Å². The van der Waals surface area contributed by atoms with E-state index in [4.69, 9.17) is 4.74 Å². The van der Waals surface area contributed by atoms with Crippen molar-refractivity contribution in [1.82, 2.24) is 0 Å². The molecule has 1 fully saturated rings. The topological polar surface area (TPSA) is 92.7 Å². The highest BCUT2D eigenvalue weighted by atomic mass is 32.1. The predicted octanol–water partition coefficient (Wildman–Crippen LogP) is 5.43. The first kappa shape index (κ1) is 23.0. The number of carboxylic acid groups (broad SMARTS) is 1. The molecular formula is C24H29NO5S. The van der Waals surface area contributed by atoms with Crippen molar-refractivity contribution >= 4 is 34.2 Å². The third kappa shape index (κ3) is 5.15. The van der Waals surface area contributed by atoms with E-state index in [1.54, 1.807) is 13.8 Å². The van der Waals surface area contributed by atoms with Crippen molar-refractivity contribution < 1.29 is 24.2 Å². The van der Waals surface area contributed by atoms with Crippen molar-refractivity contribution in [2.75, 3.05) is 5.32 Å². The van der Waals surface area contributed by atoms with Gasteiger partial charge in [-0.3, -0.25) is 9.59 Å². The van der Waals surface area contributed by atoms with E-state index in [1.807, 2.05) is 37.4 Å². The fourth-order valence-corrected chi connectivity index (χ4v) is 5.05. The maximum Gasteiger partial charge on any atom is 0.342 e. The van der Waals surface area contributed by atoms with E-state index in [2.05, 4.69) is 5.32 Å². The number of amides is 1. The molecule has 1 heterocycles. The molecule has 7 heteroatoms. The van der Waals surface area contributed by atoms with Gasteiger partial charge in [-0.1, -0.05) is 36.6 Å². The lowest BCUT2D eigenvalue weighted by molar-refractivity contribution is -0.147. The van der Waals surface area contributed by atoms with Gasteiger partial charge < -0.3 is 15.2 Å². The van der Waals surface area contributed by atoms with Crippen LogP contribution in [0, 0.1) is 25.7 Å². The lowest BCUT2D eigenvalue weighted by atomic mass is 9.78. The van der Waals surface area contributed by atoms with E-state index in [-0.39, 0.29) is 12.0 Å². The summed E-state index contributed by atoms with van der Waals surface area (Å²) in [6.45, 7) is 7.51. The van der Waals surface area contributed by atoms with Crippen molar-refractivity contribution in [3.8, 4) is 11.1 Å². The number of thiophene rings is 1. The zero-order valence-electron chi connectivity index (χ0n) is 18.4. The summed E-state index contributed by atoms with van der Waals surface area (Å²) in [7, 11) is 0. The van der Waals surface area contributed by atoms with E-state index in [0.29, 0.717) is 29.0 Å². The molecular weight excluding hydrogens is 414 g/mol. The predicted molar refractivity (Wildman–Crippen MR) is 121 cm³/mol. The molecule has 166 valence electrons. The average molecular weight is 444 g/mol. The highest BCUT2D eigenvalue weighted by Crippen LogP contribution is 2.39. The summed E-state index contributed by atoms with van der Waals surface area (Å²) in [5.41, 5.74) is 4.02. The normalized spacial score (nSPS) is 18.6. The molecule has 0 spiro atoms. The number of carbonyl (C=O) groups is 3. The number of nitrogens with one attached hydrogen (secondary N) is 1. The van der Waals surface area contributed by atoms with Gasteiger partial charge in [0.25, 0.3) is 0 Å². The summed E-state index contributed by atoms with van der Waals surface area (Å²) >= 11 is 1.26. The van der Waals surface area contributed by atoms with Crippen LogP contribution in [-0.4, -0.2) is 29.1 Å². The highest BCUT2D eigenvalue weighted by Gasteiger charge is 2.36. The molecule has 6 nitrogen and oxygen atoms in total. The summed E-state index contributed by atoms with van der Waals surface area (Å²) < 4.78 is 5.48. The molecule has 0 radical (unpaired) electrons. The number of rotatable bonds is 6. The Hall–Kier alpha value is -2.67. The summed E-state index contributed by atoms with van der Waals surface area (Å²) in [6, 6.07) is 6.02. The zero-order chi connectivity index (χ0) is 22.7. The molecule has 1 amide bonds. The fourth-order valence-electron chi connectivity index (χ4n) is 4.09. The van der Waals surface area contributed by atoms with Crippen LogP contribution < -0.4 is 5.32 Å². The van der Waals surface area contributed by atoms with Crippen LogP contribution in [0.4, 0.5) is 5.00 Å². The van der Waals surface area contributed by atoms with Gasteiger partial charge in [0.1, 0.15) is 10.6 Å². The average Bonchev–Trinajstić information content (AvgIpc) is 3.12. The van der Waals surface area contributed by atoms with E-state index in [0.717, 1.165) is 29.5 Å². The van der Waals surface area contributed by atoms with Crippen molar-refractivity contribution in [1.29, 1.82) is 0 Å². The first-order chi connectivity index (χ1) is 14.7. The number of aliphatic carboxylic acids is 1. The molecule has 1 aliphatic rings. The van der Waals surface area contributed by atoms with Crippen LogP contribution in [0.2, 0.25) is 0 Å². The molecule has 2 atom stereocenters. The first-order valence-corrected chi connectivity index (χ1v) is 11.5. The SMILES string of the molecule is Cc1ccc(C)c(-c2csc(NC(=O)[C@@H]3CCCC[C@@H]3C(=O)O)c2C(=O)OC(C)C)c1. The Kier molecular flexibility index (Phi) is 7.15. The van der Waals surface area contributed by atoms with Crippen molar-refractivity contribution in [3.63, 3.8) is 0 Å². The largest absolute Gasteiger partial charge is 0.481 e. The summed E-state index contributed by atoms with van der Waals surface area (Å²) in [6.07, 6.45) is 2.35. The number of ether oxygens (including phenoxy) is 1. The molecule has 1 aromatic carbocycles. The Morgan fingerprint density at radius 3 is 2.42 bits per heavy atom. The molecule has 0 bridgehead atoms. The van der Waals surface area contributed by atoms with Gasteiger partial charge >= 0.3 is 11.9 Å². The minimum Gasteiger partial charge on any atom is -0.481 e. The van der Waals surface area contributed by atoms with Gasteiger partial charge in [-0.15, -0.1) is 11.3 Å². The number of esters is 1. The smallest absolute Gasteiger partial charge is 0.342 e. The van der Waals surface area contributed by atoms with Crippen molar-refractivity contribution in [2.45, 2.75) is 59.5 Å². The number of carbonyl (C=O) groups excluding carboxylic acids is 2. The molecule has 2 aromatic rings. The third-order valence-electron chi connectivity index (χ3n) is 5.68. The van der Waals surface area contributed by atoms with E-state index >= 15 is 0 Å². The van der Waals surface area contributed by atoms with Crippen molar-refractivity contribution in [3.05, 3.63) is 40.3 Å². The van der Waals surface area contributed by atoms with Gasteiger partial charge in [0.2, 0.25) is 5.91 Å². The Bertz CT molecular complexity index is 994. The van der Waals surface area contributed by atoms with Crippen LogP contribution in [0.5, 0.6) is 0 Å². The van der Waals surface area contributed by atoms with Gasteiger partial charge in [0.05, 0.1) is 17.9 Å². The first-order valence-electron chi connectivity index (χ1n) is 10.6. The van der Waals surface area contributed by atoms with Gasteiger partial charge in [0.15, 0.2) is 0 Å². The number of hydrogen-bond donors (Lipinski definition) is 2. The Morgan fingerprint density at radius 1 is 1.10 bits per heavy atom. The highest BCUT2D eigenvalue weighted by molar-refractivity contribution is 7.15.